The number of nitrogens with zero attached hydrogens (tertiary/aromatic N) is 5. The van der Waals surface area contributed by atoms with Crippen LogP contribution >= 0.6 is 18.2 Å². The highest BCUT2D eigenvalue weighted by molar-refractivity contribution is 8.54. The lowest BCUT2D eigenvalue weighted by atomic mass is 10.1. The molecular formula is C43H52F2N7O12PS. The lowest BCUT2D eigenvalue weighted by Crippen LogP contribution is -2.36. The van der Waals surface area contributed by atoms with Crippen molar-refractivity contribution in [1.82, 2.24) is 29.1 Å². The van der Waals surface area contributed by atoms with Gasteiger partial charge in [-0.25, -0.2) is 37.9 Å². The van der Waals surface area contributed by atoms with E-state index in [4.69, 9.17) is 33.7 Å². The van der Waals surface area contributed by atoms with Gasteiger partial charge < -0.3 is 34.9 Å². The predicted octanol–water partition coefficient (Wildman–Crippen LogP) is 5.96. The summed E-state index contributed by atoms with van der Waals surface area (Å²) in [6.45, 7) is -3.39. The van der Waals surface area contributed by atoms with E-state index >= 15 is 8.78 Å². The van der Waals surface area contributed by atoms with Crippen molar-refractivity contribution < 1.29 is 56.3 Å². The number of carbonyl (C=O) groups excluding carboxylic acids is 1. The summed E-state index contributed by atoms with van der Waals surface area (Å²) < 4.78 is 82.9. The molecule has 7 rings (SSSR count). The molecule has 66 heavy (non-hydrogen) atoms. The molecule has 2 aliphatic rings. The number of aliphatic hydroxyl groups excluding tert-OH is 2. The van der Waals surface area contributed by atoms with Gasteiger partial charge in [0.25, 0.3) is 5.56 Å². The lowest BCUT2D eigenvalue weighted by molar-refractivity contribution is -0.0518. The van der Waals surface area contributed by atoms with Crippen LogP contribution in [0.25, 0.3) is 11.2 Å². The molecule has 23 heteroatoms. The minimum atomic E-state index is -4.61. The van der Waals surface area contributed by atoms with Crippen LogP contribution < -0.4 is 26.5 Å². The summed E-state index contributed by atoms with van der Waals surface area (Å²) in [5.41, 5.74) is 5.24. The van der Waals surface area contributed by atoms with Crippen molar-refractivity contribution in [2.24, 2.45) is 0 Å². The van der Waals surface area contributed by atoms with Crippen molar-refractivity contribution >= 4 is 41.1 Å². The number of esters is 1. The summed E-state index contributed by atoms with van der Waals surface area (Å²) in [6.07, 6.45) is -1.11. The van der Waals surface area contributed by atoms with E-state index in [1.54, 1.807) is 36.4 Å². The van der Waals surface area contributed by atoms with Crippen molar-refractivity contribution in [1.29, 1.82) is 0 Å². The summed E-state index contributed by atoms with van der Waals surface area (Å²) in [5.74, 6) is 0.178. The van der Waals surface area contributed by atoms with Crippen molar-refractivity contribution in [2.45, 2.75) is 113 Å². The van der Waals surface area contributed by atoms with Crippen LogP contribution in [0.2, 0.25) is 0 Å². The number of hydrogen-bond acceptors (Lipinski definition) is 17. The molecule has 2 aromatic carbocycles. The van der Waals surface area contributed by atoms with Crippen LogP contribution in [0.3, 0.4) is 0 Å². The molecule has 2 fully saturated rings. The van der Waals surface area contributed by atoms with Gasteiger partial charge >= 0.3 is 18.5 Å². The summed E-state index contributed by atoms with van der Waals surface area (Å²) in [7, 11) is 0. The number of ether oxygens (including phenoxy) is 4. The molecule has 0 saturated carbocycles. The maximum Gasteiger partial charge on any atom is 0.389 e. The fourth-order valence-electron chi connectivity index (χ4n) is 7.44. The van der Waals surface area contributed by atoms with Gasteiger partial charge in [-0.3, -0.25) is 28.0 Å². The molecule has 9 unspecified atom stereocenters. The first-order valence-electron chi connectivity index (χ1n) is 21.6. The van der Waals surface area contributed by atoms with Crippen LogP contribution in [0, 0.1) is 0 Å². The van der Waals surface area contributed by atoms with Gasteiger partial charge in [-0.05, 0) is 59.8 Å². The number of carbonyl (C=O) groups is 1. The van der Waals surface area contributed by atoms with Gasteiger partial charge in [0, 0.05) is 18.0 Å². The Morgan fingerprint density at radius 3 is 2.29 bits per heavy atom. The number of benzene rings is 2. The second kappa shape index (κ2) is 22.6. The van der Waals surface area contributed by atoms with Crippen molar-refractivity contribution in [3.63, 3.8) is 0 Å². The van der Waals surface area contributed by atoms with Crippen LogP contribution in [-0.2, 0) is 28.8 Å². The summed E-state index contributed by atoms with van der Waals surface area (Å²) in [5, 5.41) is 21.1. The van der Waals surface area contributed by atoms with Crippen LogP contribution in [0.1, 0.15) is 86.7 Å². The number of hydrogen-bond donors (Lipinski definition) is 4. The van der Waals surface area contributed by atoms with Gasteiger partial charge in [0.05, 0.1) is 31.7 Å². The van der Waals surface area contributed by atoms with E-state index < -0.39 is 86.4 Å². The van der Waals surface area contributed by atoms with E-state index in [0.29, 0.717) is 34.9 Å². The van der Waals surface area contributed by atoms with Gasteiger partial charge in [0.15, 0.2) is 36.3 Å². The van der Waals surface area contributed by atoms with Crippen LogP contribution in [0.4, 0.5) is 14.6 Å². The zero-order valence-corrected chi connectivity index (χ0v) is 37.6. The summed E-state index contributed by atoms with van der Waals surface area (Å²) in [4.78, 5) is 51.2. The zero-order chi connectivity index (χ0) is 46.8. The molecule has 0 aliphatic carbocycles. The Morgan fingerprint density at radius 2 is 1.58 bits per heavy atom. The smallest absolute Gasteiger partial charge is 0.389 e. The van der Waals surface area contributed by atoms with Crippen molar-refractivity contribution in [2.75, 3.05) is 25.6 Å². The molecule has 5 heterocycles. The number of nitrogen functional groups attached to an aromatic ring is 1. The second-order valence-corrected chi connectivity index (χ2v) is 19.8. The molecule has 5 N–H and O–H groups in total. The first-order chi connectivity index (χ1) is 31.9. The number of imidazole rings is 1. The maximum atomic E-state index is 16.2. The summed E-state index contributed by atoms with van der Waals surface area (Å²) in [6, 6.07) is 13.8. The highest BCUT2D eigenvalue weighted by atomic mass is 32.7. The standard InChI is InChI=1S/C43H52F2N7O12PS/c1-2-3-4-5-6-7-8-9-20-59-28-16-12-27(13-17-28)42(56)61-29-14-10-26(11-15-29)23-66-65(58,64-37-30(21-53)62-41(34(37)45)51-19-18-32(54)50-43(51)57)60-22-31-36(55)33(44)40(63-31)52-25-49-35-38(46)47-24-48-39(35)52/h10-19,24-25,30-31,33-34,36-37,40-41,53,55H,2-9,20-23H2,1H3,(H2,46,47,48)(H,50,54,57). The topological polar surface area (TPSA) is 254 Å². The number of aromatic nitrogens is 6. The van der Waals surface area contributed by atoms with Gasteiger partial charge in [0.2, 0.25) is 0 Å². The van der Waals surface area contributed by atoms with Gasteiger partial charge in [0.1, 0.15) is 47.8 Å². The molecule has 0 radical (unpaired) electrons. The van der Waals surface area contributed by atoms with Gasteiger partial charge in [-0.1, -0.05) is 64.0 Å². The molecule has 2 saturated heterocycles. The van der Waals surface area contributed by atoms with E-state index in [1.807, 2.05) is 4.98 Å². The minimum Gasteiger partial charge on any atom is -0.494 e. The number of anilines is 1. The van der Waals surface area contributed by atoms with E-state index in [9.17, 15) is 29.2 Å². The number of alkyl halides is 2. The Hall–Kier alpha value is -5.06. The lowest BCUT2D eigenvalue weighted by Gasteiger charge is -2.26. The molecule has 0 spiro atoms. The molecule has 5 aromatic rings. The fraction of sp³-hybridized carbons (Fsp3) is 0.488. The van der Waals surface area contributed by atoms with Gasteiger partial charge in [-0.15, -0.1) is 0 Å². The average Bonchev–Trinajstić information content (AvgIpc) is 3.97. The molecule has 2 aliphatic heterocycles. The van der Waals surface area contributed by atoms with E-state index in [0.717, 1.165) is 36.0 Å². The highest BCUT2D eigenvalue weighted by Gasteiger charge is 2.52. The Bertz CT molecular complexity index is 2550. The molecule has 0 bridgehead atoms. The number of aliphatic hydroxyl groups is 2. The van der Waals surface area contributed by atoms with Gasteiger partial charge in [-0.2, -0.15) is 0 Å². The number of H-pyrrole nitrogens is 1. The number of nitrogens with two attached hydrogens (primary N) is 1. The average molecular weight is 960 g/mol. The third-order valence-corrected chi connectivity index (χ3v) is 14.7. The largest absolute Gasteiger partial charge is 0.494 e. The monoisotopic (exact) mass is 959 g/mol. The minimum absolute atomic E-state index is 0.0326. The number of halogens is 2. The highest BCUT2D eigenvalue weighted by Crippen LogP contribution is 2.64. The second-order valence-electron chi connectivity index (χ2n) is 15.8. The first-order valence-corrected chi connectivity index (χ1v) is 24.7. The third kappa shape index (κ3) is 11.9. The molecular weight excluding hydrogens is 908 g/mol. The SMILES string of the molecule is CCCCCCCCCCOc1ccc(C(=O)Oc2ccc(CSP(=O)(OCC3OC(n4cnc5c(N)ncnc54)C(F)C3O)OC3C(CO)OC(n4ccc(=O)[nH]c4=O)C3F)cc2)cc1. The first kappa shape index (κ1) is 48.9. The van der Waals surface area contributed by atoms with Crippen LogP contribution in [-0.4, -0.2) is 102 Å². The Labute approximate surface area is 381 Å². The third-order valence-electron chi connectivity index (χ3n) is 11.1. The van der Waals surface area contributed by atoms with Crippen molar-refractivity contribution in [3.8, 4) is 11.5 Å². The number of unbranched alkanes of at least 4 members (excludes halogenated alkanes) is 7. The van der Waals surface area contributed by atoms with Crippen molar-refractivity contribution in [3.05, 3.63) is 105 Å². The Balaban J connectivity index is 0.990. The maximum absolute atomic E-state index is 16.2. The van der Waals surface area contributed by atoms with E-state index in [-0.39, 0.29) is 28.5 Å². The predicted molar refractivity (Wildman–Crippen MR) is 237 cm³/mol. The zero-order valence-electron chi connectivity index (χ0n) is 35.9. The molecule has 356 valence electrons. The number of aromatic amines is 1. The number of nitrogens with one attached hydrogen (secondary N) is 1. The van der Waals surface area contributed by atoms with Crippen LogP contribution in [0.5, 0.6) is 11.5 Å². The molecule has 0 amide bonds. The van der Waals surface area contributed by atoms with Crippen LogP contribution in [0.15, 0.2) is 83.0 Å². The molecule has 9 atom stereocenters. The number of fused-ring (bicyclic) bond motifs is 1. The summed E-state index contributed by atoms with van der Waals surface area (Å²) >= 11 is 0.593. The van der Waals surface area contributed by atoms with E-state index in [2.05, 4.69) is 21.9 Å². The molecule has 3 aromatic heterocycles. The Morgan fingerprint density at radius 1 is 0.894 bits per heavy atom. The van der Waals surface area contributed by atoms with E-state index in [1.165, 1.54) is 61.6 Å². The normalized spacial score (nSPS) is 23.8. The number of rotatable bonds is 23. The quantitative estimate of drug-likeness (QED) is 0.0255. The molecule has 19 nitrogen and oxygen atoms in total. The fourth-order valence-corrected chi connectivity index (χ4v) is 10.8. The Kier molecular flexibility index (Phi) is 16.7.